The molecule has 0 spiro atoms. The number of methoxy groups -OCH3 is 1. The van der Waals surface area contributed by atoms with Gasteiger partial charge in [-0.05, 0) is 0 Å². The molecule has 0 aromatic rings. The molecule has 3 heterocycles. The molecule has 4 heteroatoms. The van der Waals surface area contributed by atoms with Gasteiger partial charge in [0.25, 0.3) is 0 Å². The Balaban J connectivity index is 1.71. The molecule has 0 aromatic heterocycles. The lowest BCUT2D eigenvalue weighted by molar-refractivity contribution is -0.162. The minimum absolute atomic E-state index is 0.130. The zero-order valence-electron chi connectivity index (χ0n) is 6.23. The first-order chi connectivity index (χ1) is 5.40. The summed E-state index contributed by atoms with van der Waals surface area (Å²) in [5.74, 6) is 0. The summed E-state index contributed by atoms with van der Waals surface area (Å²) >= 11 is 0. The third-order valence-corrected chi connectivity index (χ3v) is 2.40. The van der Waals surface area contributed by atoms with Gasteiger partial charge in [-0.1, -0.05) is 0 Å². The van der Waals surface area contributed by atoms with Gasteiger partial charge in [0.05, 0.1) is 6.61 Å². The number of fused-ring (bicyclic) bond motifs is 1. The molecule has 2 unspecified atom stereocenters. The van der Waals surface area contributed by atoms with Crippen LogP contribution in [0, 0.1) is 0 Å². The first-order valence-corrected chi connectivity index (χ1v) is 3.85. The summed E-state index contributed by atoms with van der Waals surface area (Å²) in [5.41, 5.74) is 0. The summed E-state index contributed by atoms with van der Waals surface area (Å²) in [6.07, 6.45) is 0.658. The maximum absolute atomic E-state index is 5.52. The molecule has 0 radical (unpaired) electrons. The lowest BCUT2D eigenvalue weighted by atomic mass is 10.2. The molecule has 11 heavy (non-hydrogen) atoms. The molecule has 0 N–H and O–H groups in total. The Morgan fingerprint density at radius 2 is 2.00 bits per heavy atom. The molecule has 0 amide bonds. The van der Waals surface area contributed by atoms with Gasteiger partial charge in [0.15, 0.2) is 6.29 Å². The normalized spacial score (nSPS) is 59.2. The zero-order valence-corrected chi connectivity index (χ0v) is 6.23. The monoisotopic (exact) mass is 158 g/mol. The number of hydrogen-bond acceptors (Lipinski definition) is 4. The lowest BCUT2D eigenvalue weighted by Gasteiger charge is -2.13. The van der Waals surface area contributed by atoms with Crippen molar-refractivity contribution in [3.8, 4) is 0 Å². The highest BCUT2D eigenvalue weighted by Crippen LogP contribution is 2.43. The largest absolute Gasteiger partial charge is 0.370 e. The molecule has 0 bridgehead atoms. The summed E-state index contributed by atoms with van der Waals surface area (Å²) in [6.45, 7) is 0.813. The van der Waals surface area contributed by atoms with Crippen molar-refractivity contribution in [1.29, 1.82) is 0 Å². The van der Waals surface area contributed by atoms with E-state index in [0.717, 1.165) is 6.61 Å². The van der Waals surface area contributed by atoms with Crippen LogP contribution in [0.25, 0.3) is 0 Å². The minimum Gasteiger partial charge on any atom is -0.370 e. The minimum atomic E-state index is -0.158. The maximum Gasteiger partial charge on any atom is 0.186 e. The van der Waals surface area contributed by atoms with Gasteiger partial charge in [-0.15, -0.1) is 0 Å². The van der Waals surface area contributed by atoms with Crippen molar-refractivity contribution >= 4 is 0 Å². The van der Waals surface area contributed by atoms with E-state index in [4.69, 9.17) is 18.9 Å². The van der Waals surface area contributed by atoms with Crippen LogP contribution in [-0.2, 0) is 18.9 Å². The Labute approximate surface area is 64.4 Å². The van der Waals surface area contributed by atoms with E-state index in [1.165, 1.54) is 0 Å². The molecule has 3 aliphatic heterocycles. The highest BCUT2D eigenvalue weighted by atomic mass is 16.8. The average molecular weight is 158 g/mol. The third-order valence-electron chi connectivity index (χ3n) is 2.40. The zero-order chi connectivity index (χ0) is 7.42. The van der Waals surface area contributed by atoms with Crippen LogP contribution in [-0.4, -0.2) is 44.4 Å². The van der Waals surface area contributed by atoms with Crippen molar-refractivity contribution in [2.45, 2.75) is 30.7 Å². The van der Waals surface area contributed by atoms with Crippen LogP contribution < -0.4 is 0 Å². The highest BCUT2D eigenvalue weighted by molar-refractivity contribution is 5.05. The first-order valence-electron chi connectivity index (χ1n) is 3.85. The molecule has 0 saturated carbocycles. The Kier molecular flexibility index (Phi) is 1.13. The van der Waals surface area contributed by atoms with Crippen LogP contribution >= 0.6 is 0 Å². The van der Waals surface area contributed by atoms with E-state index < -0.39 is 0 Å². The summed E-state index contributed by atoms with van der Waals surface area (Å²) in [4.78, 5) is 0. The van der Waals surface area contributed by atoms with Crippen molar-refractivity contribution in [2.75, 3.05) is 13.7 Å². The smallest absolute Gasteiger partial charge is 0.186 e. The second-order valence-corrected chi connectivity index (χ2v) is 3.14. The van der Waals surface area contributed by atoms with Gasteiger partial charge in [-0.25, -0.2) is 0 Å². The van der Waals surface area contributed by atoms with Crippen LogP contribution in [0.5, 0.6) is 0 Å². The van der Waals surface area contributed by atoms with Gasteiger partial charge in [0.1, 0.15) is 24.4 Å². The summed E-state index contributed by atoms with van der Waals surface area (Å²) in [5, 5.41) is 0. The summed E-state index contributed by atoms with van der Waals surface area (Å²) < 4.78 is 21.1. The second kappa shape index (κ2) is 1.95. The van der Waals surface area contributed by atoms with Crippen LogP contribution in [0.15, 0.2) is 0 Å². The van der Waals surface area contributed by atoms with E-state index in [2.05, 4.69) is 0 Å². The van der Waals surface area contributed by atoms with E-state index in [0.29, 0.717) is 0 Å². The van der Waals surface area contributed by atoms with E-state index in [1.807, 2.05) is 0 Å². The van der Waals surface area contributed by atoms with Crippen LogP contribution in [0.3, 0.4) is 0 Å². The van der Waals surface area contributed by atoms with E-state index >= 15 is 0 Å². The Bertz CT molecular complexity index is 179. The van der Waals surface area contributed by atoms with Gasteiger partial charge in [0.2, 0.25) is 0 Å². The van der Waals surface area contributed by atoms with Gasteiger partial charge < -0.3 is 18.9 Å². The van der Waals surface area contributed by atoms with Gasteiger partial charge in [-0.3, -0.25) is 0 Å². The van der Waals surface area contributed by atoms with E-state index in [-0.39, 0.29) is 30.7 Å². The number of ether oxygens (including phenoxy) is 4. The summed E-state index contributed by atoms with van der Waals surface area (Å²) in [6, 6.07) is 0. The lowest BCUT2D eigenvalue weighted by Crippen LogP contribution is -2.25. The molecule has 3 rings (SSSR count). The molecule has 62 valence electrons. The molecule has 3 aliphatic rings. The molecule has 4 nitrogen and oxygen atoms in total. The van der Waals surface area contributed by atoms with Crippen molar-refractivity contribution in [3.05, 3.63) is 0 Å². The van der Waals surface area contributed by atoms with Crippen molar-refractivity contribution < 1.29 is 18.9 Å². The van der Waals surface area contributed by atoms with Gasteiger partial charge >= 0.3 is 0 Å². The number of epoxide rings is 2. The molecule has 3 saturated heterocycles. The quantitative estimate of drug-likeness (QED) is 0.509. The van der Waals surface area contributed by atoms with Crippen molar-refractivity contribution in [3.63, 3.8) is 0 Å². The maximum atomic E-state index is 5.52. The van der Waals surface area contributed by atoms with E-state index in [1.54, 1.807) is 7.11 Å². The van der Waals surface area contributed by atoms with Gasteiger partial charge in [-0.2, -0.15) is 0 Å². The average Bonchev–Trinajstić information content (AvgIpc) is 2.88. The Hall–Kier alpha value is -0.160. The Morgan fingerprint density at radius 3 is 2.55 bits per heavy atom. The number of rotatable bonds is 2. The SMILES string of the molecule is CO[C@@H]1O[C@H](C2CO2)C2O[C@H]21. The molecule has 0 aromatic carbocycles. The third kappa shape index (κ3) is 0.840. The standard InChI is InChI=1S/C7H10O4/c1-8-7-6-5(10-6)4(11-7)3-2-9-3/h3-7H,2H2,1H3/t3?,4-,5?,6-,7-/m1/s1. The molecule has 3 fully saturated rings. The van der Waals surface area contributed by atoms with E-state index in [9.17, 15) is 0 Å². The predicted octanol–water partition coefficient (Wildman–Crippen LogP) is -0.476. The molecule has 0 aliphatic carbocycles. The fourth-order valence-corrected chi connectivity index (χ4v) is 1.66. The molecule has 5 atom stereocenters. The first kappa shape index (κ1) is 6.37. The van der Waals surface area contributed by atoms with Crippen molar-refractivity contribution in [1.82, 2.24) is 0 Å². The van der Waals surface area contributed by atoms with Gasteiger partial charge in [0, 0.05) is 7.11 Å². The topological polar surface area (TPSA) is 43.5 Å². The van der Waals surface area contributed by atoms with Crippen LogP contribution in [0.4, 0.5) is 0 Å². The molecular weight excluding hydrogens is 148 g/mol. The Morgan fingerprint density at radius 1 is 1.18 bits per heavy atom. The fraction of sp³-hybridized carbons (Fsp3) is 1.00. The van der Waals surface area contributed by atoms with Crippen LogP contribution in [0.1, 0.15) is 0 Å². The number of hydrogen-bond donors (Lipinski definition) is 0. The highest BCUT2D eigenvalue weighted by Gasteiger charge is 2.62. The van der Waals surface area contributed by atoms with Crippen LogP contribution in [0.2, 0.25) is 0 Å². The van der Waals surface area contributed by atoms with Crippen molar-refractivity contribution in [2.24, 2.45) is 0 Å². The predicted molar refractivity (Wildman–Crippen MR) is 34.1 cm³/mol. The molecular formula is C7H10O4. The fourth-order valence-electron chi connectivity index (χ4n) is 1.66. The summed E-state index contributed by atoms with van der Waals surface area (Å²) in [7, 11) is 1.64. The second-order valence-electron chi connectivity index (χ2n) is 3.14.